The van der Waals surface area contributed by atoms with Crippen LogP contribution in [-0.4, -0.2) is 57.7 Å². The first-order chi connectivity index (χ1) is 11.5. The van der Waals surface area contributed by atoms with Gasteiger partial charge in [-0.1, -0.05) is 13.3 Å². The minimum Gasteiger partial charge on any atom is -0.372 e. The lowest BCUT2D eigenvalue weighted by Crippen LogP contribution is -2.49. The molecule has 2 rings (SSSR count). The van der Waals surface area contributed by atoms with Crippen LogP contribution in [0.5, 0.6) is 0 Å². The molecule has 0 amide bonds. The molecule has 0 spiro atoms. The van der Waals surface area contributed by atoms with Crippen molar-refractivity contribution in [3.05, 3.63) is 24.3 Å². The SMILES string of the molecule is CCCCS(=O)(=O)N1CCN(c2ccc(N(CC)CC)cc2)CC1. The normalized spacial score (nSPS) is 16.4. The zero-order valence-electron chi connectivity index (χ0n) is 15.2. The van der Waals surface area contributed by atoms with E-state index in [2.05, 4.69) is 47.9 Å². The van der Waals surface area contributed by atoms with E-state index in [-0.39, 0.29) is 5.75 Å². The summed E-state index contributed by atoms with van der Waals surface area (Å²) in [6.07, 6.45) is 1.66. The van der Waals surface area contributed by atoms with Crippen molar-refractivity contribution in [2.24, 2.45) is 0 Å². The Bertz CT molecular complexity index is 589. The van der Waals surface area contributed by atoms with Crippen LogP contribution in [0.25, 0.3) is 0 Å². The van der Waals surface area contributed by atoms with E-state index in [9.17, 15) is 8.42 Å². The van der Waals surface area contributed by atoms with Gasteiger partial charge in [0.2, 0.25) is 10.0 Å². The summed E-state index contributed by atoms with van der Waals surface area (Å²) in [6.45, 7) is 11.1. The van der Waals surface area contributed by atoms with Gasteiger partial charge in [0.25, 0.3) is 0 Å². The van der Waals surface area contributed by atoms with Crippen molar-refractivity contribution >= 4 is 21.4 Å². The number of piperazine rings is 1. The average molecular weight is 354 g/mol. The van der Waals surface area contributed by atoms with Gasteiger partial charge in [-0.15, -0.1) is 0 Å². The standard InChI is InChI=1S/C18H31N3O2S/c1-4-7-16-24(22,23)21-14-12-20(13-15-21)18-10-8-17(9-11-18)19(5-2)6-3/h8-11H,4-7,12-16H2,1-3H3. The molecule has 1 aliphatic rings. The molecule has 1 fully saturated rings. The molecule has 0 atom stereocenters. The zero-order valence-corrected chi connectivity index (χ0v) is 16.1. The zero-order chi connectivity index (χ0) is 17.6. The van der Waals surface area contributed by atoms with Crippen LogP contribution in [0.1, 0.15) is 33.6 Å². The third kappa shape index (κ3) is 4.63. The summed E-state index contributed by atoms with van der Waals surface area (Å²) in [6, 6.07) is 8.61. The second kappa shape index (κ2) is 8.72. The molecule has 0 bridgehead atoms. The quantitative estimate of drug-likeness (QED) is 0.721. The van der Waals surface area contributed by atoms with E-state index >= 15 is 0 Å². The summed E-state index contributed by atoms with van der Waals surface area (Å²) in [4.78, 5) is 4.60. The molecule has 1 saturated heterocycles. The first-order valence-electron chi connectivity index (χ1n) is 9.09. The van der Waals surface area contributed by atoms with E-state index in [0.29, 0.717) is 13.1 Å². The number of anilines is 2. The second-order valence-electron chi connectivity index (χ2n) is 6.24. The minimum absolute atomic E-state index is 0.280. The van der Waals surface area contributed by atoms with Gasteiger partial charge in [-0.05, 0) is 44.5 Å². The predicted octanol–water partition coefficient (Wildman–Crippen LogP) is 2.78. The van der Waals surface area contributed by atoms with Crippen molar-refractivity contribution in [3.63, 3.8) is 0 Å². The Hall–Kier alpha value is -1.27. The Morgan fingerprint density at radius 3 is 2.04 bits per heavy atom. The summed E-state index contributed by atoms with van der Waals surface area (Å²) in [5, 5.41) is 0. The maximum absolute atomic E-state index is 12.3. The molecule has 1 heterocycles. The summed E-state index contributed by atoms with van der Waals surface area (Å²) in [7, 11) is -3.08. The lowest BCUT2D eigenvalue weighted by atomic mass is 10.2. The number of hydrogen-bond acceptors (Lipinski definition) is 4. The van der Waals surface area contributed by atoms with Crippen molar-refractivity contribution in [2.75, 3.05) is 54.8 Å². The summed E-state index contributed by atoms with van der Waals surface area (Å²) < 4.78 is 26.2. The highest BCUT2D eigenvalue weighted by Gasteiger charge is 2.26. The first kappa shape index (κ1) is 19.1. The predicted molar refractivity (Wildman–Crippen MR) is 102 cm³/mol. The number of hydrogen-bond donors (Lipinski definition) is 0. The monoisotopic (exact) mass is 353 g/mol. The van der Waals surface area contributed by atoms with Gasteiger partial charge in [-0.3, -0.25) is 0 Å². The second-order valence-corrected chi connectivity index (χ2v) is 8.33. The van der Waals surface area contributed by atoms with Gasteiger partial charge in [0.1, 0.15) is 0 Å². The molecule has 1 aromatic carbocycles. The molecule has 0 aromatic heterocycles. The third-order valence-corrected chi connectivity index (χ3v) is 6.69. The smallest absolute Gasteiger partial charge is 0.214 e. The molecule has 6 heteroatoms. The van der Waals surface area contributed by atoms with E-state index < -0.39 is 10.0 Å². The minimum atomic E-state index is -3.08. The summed E-state index contributed by atoms with van der Waals surface area (Å²) in [5.41, 5.74) is 2.42. The molecule has 0 radical (unpaired) electrons. The van der Waals surface area contributed by atoms with Crippen LogP contribution in [0, 0.1) is 0 Å². The van der Waals surface area contributed by atoms with E-state index in [1.165, 1.54) is 11.4 Å². The van der Waals surface area contributed by atoms with E-state index in [1.54, 1.807) is 4.31 Å². The van der Waals surface area contributed by atoms with Gasteiger partial charge in [-0.25, -0.2) is 8.42 Å². The highest BCUT2D eigenvalue weighted by atomic mass is 32.2. The average Bonchev–Trinajstić information content (AvgIpc) is 2.62. The van der Waals surface area contributed by atoms with E-state index in [1.807, 2.05) is 6.92 Å². The molecule has 0 aliphatic carbocycles. The van der Waals surface area contributed by atoms with Crippen LogP contribution < -0.4 is 9.80 Å². The van der Waals surface area contributed by atoms with E-state index in [0.717, 1.165) is 39.0 Å². The van der Waals surface area contributed by atoms with Gasteiger partial charge in [0.05, 0.1) is 5.75 Å². The fourth-order valence-electron chi connectivity index (χ4n) is 3.14. The first-order valence-corrected chi connectivity index (χ1v) is 10.7. The molecule has 1 aromatic rings. The molecule has 0 N–H and O–H groups in total. The lowest BCUT2D eigenvalue weighted by molar-refractivity contribution is 0.384. The highest BCUT2D eigenvalue weighted by Crippen LogP contribution is 2.22. The van der Waals surface area contributed by atoms with Crippen molar-refractivity contribution < 1.29 is 8.42 Å². The van der Waals surface area contributed by atoms with Gasteiger partial charge in [0, 0.05) is 50.6 Å². The van der Waals surface area contributed by atoms with Crippen molar-refractivity contribution in [3.8, 4) is 0 Å². The van der Waals surface area contributed by atoms with Gasteiger partial charge in [-0.2, -0.15) is 4.31 Å². The molecule has 1 aliphatic heterocycles. The van der Waals surface area contributed by atoms with Gasteiger partial charge >= 0.3 is 0 Å². The topological polar surface area (TPSA) is 43.9 Å². The van der Waals surface area contributed by atoms with Gasteiger partial charge in [0.15, 0.2) is 0 Å². The largest absolute Gasteiger partial charge is 0.372 e. The third-order valence-electron chi connectivity index (χ3n) is 4.73. The molecule has 24 heavy (non-hydrogen) atoms. The van der Waals surface area contributed by atoms with Crippen molar-refractivity contribution in [1.29, 1.82) is 0 Å². The summed E-state index contributed by atoms with van der Waals surface area (Å²) in [5.74, 6) is 0.280. The van der Waals surface area contributed by atoms with Crippen LogP contribution in [0.3, 0.4) is 0 Å². The Morgan fingerprint density at radius 2 is 1.54 bits per heavy atom. The Kier molecular flexibility index (Phi) is 6.92. The van der Waals surface area contributed by atoms with Crippen LogP contribution in [-0.2, 0) is 10.0 Å². The molecule has 0 saturated carbocycles. The number of nitrogens with zero attached hydrogens (tertiary/aromatic N) is 3. The Morgan fingerprint density at radius 1 is 0.958 bits per heavy atom. The molecular weight excluding hydrogens is 322 g/mol. The Balaban J connectivity index is 1.95. The molecule has 0 unspecified atom stereocenters. The highest BCUT2D eigenvalue weighted by molar-refractivity contribution is 7.89. The number of rotatable bonds is 8. The maximum atomic E-state index is 12.3. The molecule has 5 nitrogen and oxygen atoms in total. The van der Waals surface area contributed by atoms with Crippen LogP contribution in [0.4, 0.5) is 11.4 Å². The number of sulfonamides is 1. The maximum Gasteiger partial charge on any atom is 0.214 e. The summed E-state index contributed by atoms with van der Waals surface area (Å²) >= 11 is 0. The van der Waals surface area contributed by atoms with Crippen LogP contribution in [0.2, 0.25) is 0 Å². The molecular formula is C18H31N3O2S. The number of benzene rings is 1. The molecule has 136 valence electrons. The van der Waals surface area contributed by atoms with Gasteiger partial charge < -0.3 is 9.80 Å². The number of unbranched alkanes of at least 4 members (excludes halogenated alkanes) is 1. The lowest BCUT2D eigenvalue weighted by Gasteiger charge is -2.35. The fraction of sp³-hybridized carbons (Fsp3) is 0.667. The Labute approximate surface area is 147 Å². The fourth-order valence-corrected chi connectivity index (χ4v) is 4.77. The van der Waals surface area contributed by atoms with Crippen molar-refractivity contribution in [1.82, 2.24) is 4.31 Å². The van der Waals surface area contributed by atoms with E-state index in [4.69, 9.17) is 0 Å². The van der Waals surface area contributed by atoms with Crippen LogP contribution in [0.15, 0.2) is 24.3 Å². The van der Waals surface area contributed by atoms with Crippen molar-refractivity contribution in [2.45, 2.75) is 33.6 Å². The van der Waals surface area contributed by atoms with Crippen LogP contribution >= 0.6 is 0 Å².